The van der Waals surface area contributed by atoms with Gasteiger partial charge in [0.15, 0.2) is 0 Å². The number of rotatable bonds is 10. The molecule has 2 rings (SSSR count). The van der Waals surface area contributed by atoms with Crippen molar-refractivity contribution in [2.75, 3.05) is 32.0 Å². The molecule has 0 atom stereocenters. The molecular formula is C20H30N6O. The number of nitrogens with one attached hydrogen (secondary N) is 2. The summed E-state index contributed by atoms with van der Waals surface area (Å²) in [6.45, 7) is 8.30. The zero-order valence-corrected chi connectivity index (χ0v) is 16.7. The maximum atomic E-state index is 11.3. The van der Waals surface area contributed by atoms with Crippen molar-refractivity contribution in [3.8, 4) is 0 Å². The van der Waals surface area contributed by atoms with Gasteiger partial charge in [-0.3, -0.25) is 9.79 Å². The lowest BCUT2D eigenvalue weighted by Crippen LogP contribution is -2.31. The van der Waals surface area contributed by atoms with Crippen LogP contribution in [-0.4, -0.2) is 53.7 Å². The van der Waals surface area contributed by atoms with E-state index in [4.69, 9.17) is 0 Å². The summed E-state index contributed by atoms with van der Waals surface area (Å²) < 4.78 is 0. The highest BCUT2D eigenvalue weighted by molar-refractivity contribution is 5.78. The zero-order chi connectivity index (χ0) is 19.6. The van der Waals surface area contributed by atoms with Gasteiger partial charge in [-0.2, -0.15) is 0 Å². The maximum absolute atomic E-state index is 11.3. The fraction of sp³-hybridized carbons (Fsp3) is 0.500. The van der Waals surface area contributed by atoms with Crippen LogP contribution in [0.15, 0.2) is 34.7 Å². The third-order valence-corrected chi connectivity index (χ3v) is 4.31. The van der Waals surface area contributed by atoms with Crippen molar-refractivity contribution < 1.29 is 4.79 Å². The monoisotopic (exact) mass is 370 g/mol. The van der Waals surface area contributed by atoms with Gasteiger partial charge in [0.05, 0.1) is 6.34 Å². The predicted octanol–water partition coefficient (Wildman–Crippen LogP) is 2.46. The number of allylic oxidation sites excluding steroid dienone is 3. The van der Waals surface area contributed by atoms with Crippen LogP contribution in [0, 0.1) is 6.92 Å². The Morgan fingerprint density at radius 2 is 2.26 bits per heavy atom. The van der Waals surface area contributed by atoms with Crippen LogP contribution in [0.3, 0.4) is 0 Å². The van der Waals surface area contributed by atoms with E-state index in [1.165, 1.54) is 0 Å². The molecule has 1 heterocycles. The number of anilines is 1. The average molecular weight is 371 g/mol. The van der Waals surface area contributed by atoms with E-state index in [1.807, 2.05) is 13.3 Å². The van der Waals surface area contributed by atoms with Crippen LogP contribution in [-0.2, 0) is 11.2 Å². The van der Waals surface area contributed by atoms with Gasteiger partial charge in [0, 0.05) is 56.4 Å². The Balaban J connectivity index is 1.92. The normalized spacial score (nSPS) is 13.9. The summed E-state index contributed by atoms with van der Waals surface area (Å²) in [6, 6.07) is 0. The summed E-state index contributed by atoms with van der Waals surface area (Å²) >= 11 is 0. The fourth-order valence-electron chi connectivity index (χ4n) is 2.87. The molecule has 27 heavy (non-hydrogen) atoms. The third-order valence-electron chi connectivity index (χ3n) is 4.31. The number of ketones is 1. The molecule has 0 saturated carbocycles. The Labute approximate surface area is 161 Å². The standard InChI is InChI=1S/C20H30N6O/c1-5-26(14-21-4)10-9-22-18-7-6-8-19(12-18)25-20-23-13-17(11-15(2)27)16(3)24-20/h7,12-14,22H,5-6,8-11H2,1-4H3,(H,23,24,25). The van der Waals surface area contributed by atoms with Gasteiger partial charge >= 0.3 is 0 Å². The van der Waals surface area contributed by atoms with Gasteiger partial charge < -0.3 is 15.5 Å². The highest BCUT2D eigenvalue weighted by Crippen LogP contribution is 2.18. The molecule has 1 aliphatic carbocycles. The van der Waals surface area contributed by atoms with Gasteiger partial charge in [0.2, 0.25) is 5.95 Å². The topological polar surface area (TPSA) is 82.5 Å². The molecule has 0 aromatic carbocycles. The van der Waals surface area contributed by atoms with Crippen LogP contribution in [0.4, 0.5) is 5.95 Å². The number of aryl methyl sites for hydroxylation is 1. The van der Waals surface area contributed by atoms with Gasteiger partial charge in [-0.05, 0) is 45.3 Å². The summed E-state index contributed by atoms with van der Waals surface area (Å²) in [5.41, 5.74) is 3.91. The first-order chi connectivity index (χ1) is 13.0. The van der Waals surface area contributed by atoms with E-state index in [0.29, 0.717) is 12.4 Å². The quantitative estimate of drug-likeness (QED) is 0.486. The van der Waals surface area contributed by atoms with Crippen LogP contribution in [0.2, 0.25) is 0 Å². The van der Waals surface area contributed by atoms with E-state index in [-0.39, 0.29) is 5.78 Å². The number of hydrogen-bond donors (Lipinski definition) is 2. The second-order valence-electron chi connectivity index (χ2n) is 6.60. The molecule has 0 fully saturated rings. The second kappa shape index (κ2) is 10.4. The third kappa shape index (κ3) is 6.84. The van der Waals surface area contributed by atoms with E-state index >= 15 is 0 Å². The van der Waals surface area contributed by atoms with Gasteiger partial charge in [-0.1, -0.05) is 6.08 Å². The van der Waals surface area contributed by atoms with Crippen molar-refractivity contribution in [3.05, 3.63) is 41.0 Å². The van der Waals surface area contributed by atoms with Crippen molar-refractivity contribution in [1.29, 1.82) is 0 Å². The van der Waals surface area contributed by atoms with E-state index in [1.54, 1.807) is 20.2 Å². The summed E-state index contributed by atoms with van der Waals surface area (Å²) in [5, 5.41) is 6.77. The molecule has 0 saturated heterocycles. The molecule has 0 bridgehead atoms. The van der Waals surface area contributed by atoms with Crippen LogP contribution in [0.1, 0.15) is 37.9 Å². The van der Waals surface area contributed by atoms with Crippen molar-refractivity contribution in [3.63, 3.8) is 0 Å². The molecular weight excluding hydrogens is 340 g/mol. The lowest BCUT2D eigenvalue weighted by atomic mass is 10.1. The molecule has 0 aliphatic heterocycles. The largest absolute Gasteiger partial charge is 0.383 e. The molecule has 1 aromatic heterocycles. The van der Waals surface area contributed by atoms with Gasteiger partial charge in [0.1, 0.15) is 5.78 Å². The minimum absolute atomic E-state index is 0.116. The Bertz CT molecular complexity index is 738. The number of aliphatic imine (C=N–C) groups is 1. The highest BCUT2D eigenvalue weighted by Gasteiger charge is 2.10. The van der Waals surface area contributed by atoms with Gasteiger partial charge in [-0.15, -0.1) is 0 Å². The van der Waals surface area contributed by atoms with Crippen LogP contribution in [0.25, 0.3) is 0 Å². The molecule has 1 aliphatic rings. The second-order valence-corrected chi connectivity index (χ2v) is 6.60. The van der Waals surface area contributed by atoms with E-state index in [9.17, 15) is 4.79 Å². The summed E-state index contributed by atoms with van der Waals surface area (Å²) in [4.78, 5) is 26.4. The minimum Gasteiger partial charge on any atom is -0.383 e. The molecule has 7 nitrogen and oxygen atoms in total. The molecule has 7 heteroatoms. The Morgan fingerprint density at radius 1 is 1.44 bits per heavy atom. The number of nitrogens with zero attached hydrogens (tertiary/aromatic N) is 4. The number of hydrogen-bond acceptors (Lipinski definition) is 6. The van der Waals surface area contributed by atoms with Crippen molar-refractivity contribution in [2.45, 2.75) is 40.0 Å². The number of likely N-dealkylation sites (N-methyl/N-ethyl adjacent to an activating group) is 1. The first-order valence-electron chi connectivity index (χ1n) is 9.41. The van der Waals surface area contributed by atoms with Crippen LogP contribution >= 0.6 is 0 Å². The lowest BCUT2D eigenvalue weighted by Gasteiger charge is -2.20. The molecule has 0 radical (unpaired) electrons. The average Bonchev–Trinajstić information content (AvgIpc) is 2.63. The van der Waals surface area contributed by atoms with Gasteiger partial charge in [-0.25, -0.2) is 9.97 Å². The number of carbonyl (C=O) groups excluding carboxylic acids is 1. The summed E-state index contributed by atoms with van der Waals surface area (Å²) in [5.74, 6) is 0.689. The fourth-order valence-corrected chi connectivity index (χ4v) is 2.87. The number of Topliss-reactive ketones (excluding diaryl/α,β-unsaturated/α-hetero) is 1. The number of aromatic nitrogens is 2. The predicted molar refractivity (Wildman–Crippen MR) is 110 cm³/mol. The van der Waals surface area contributed by atoms with Gasteiger partial charge in [0.25, 0.3) is 0 Å². The molecule has 146 valence electrons. The summed E-state index contributed by atoms with van der Waals surface area (Å²) in [7, 11) is 1.79. The Hall–Kier alpha value is -2.70. The minimum atomic E-state index is 0.116. The van der Waals surface area contributed by atoms with Crippen molar-refractivity contribution >= 4 is 18.1 Å². The van der Waals surface area contributed by atoms with Crippen molar-refractivity contribution in [2.24, 2.45) is 4.99 Å². The zero-order valence-electron chi connectivity index (χ0n) is 16.7. The highest BCUT2D eigenvalue weighted by atomic mass is 16.1. The van der Waals surface area contributed by atoms with E-state index in [2.05, 4.69) is 49.6 Å². The lowest BCUT2D eigenvalue weighted by molar-refractivity contribution is -0.116. The van der Waals surface area contributed by atoms with Crippen LogP contribution < -0.4 is 10.6 Å². The molecule has 0 spiro atoms. The summed E-state index contributed by atoms with van der Waals surface area (Å²) in [6.07, 6.45) is 10.2. The van der Waals surface area contributed by atoms with Crippen LogP contribution in [0.5, 0.6) is 0 Å². The smallest absolute Gasteiger partial charge is 0.227 e. The Kier molecular flexibility index (Phi) is 7.98. The van der Waals surface area contributed by atoms with Crippen molar-refractivity contribution in [1.82, 2.24) is 20.2 Å². The number of carbonyl (C=O) groups is 1. The molecule has 0 amide bonds. The van der Waals surface area contributed by atoms with E-state index < -0.39 is 0 Å². The maximum Gasteiger partial charge on any atom is 0.227 e. The molecule has 2 N–H and O–H groups in total. The first kappa shape index (κ1) is 20.6. The van der Waals surface area contributed by atoms with E-state index in [0.717, 1.165) is 55.1 Å². The Morgan fingerprint density at radius 3 is 2.93 bits per heavy atom. The molecule has 1 aromatic rings. The SMILES string of the molecule is CCN(C=NC)CCNC1=CCCC(Nc2ncc(CC(C)=O)c(C)n2)=C1. The first-order valence-corrected chi connectivity index (χ1v) is 9.41. The molecule has 0 unspecified atom stereocenters.